The molecule has 1 aromatic heterocycles. The third kappa shape index (κ3) is 1.27. The van der Waals surface area contributed by atoms with E-state index in [0.29, 0.717) is 0 Å². The van der Waals surface area contributed by atoms with Crippen LogP contribution in [0.25, 0.3) is 0 Å². The topological polar surface area (TPSA) is 157 Å². The number of aromatic nitrogens is 2. The standard InChI is InChI=1S/C3H3N5O6/c9-5-3-1(7(11)12)2(8(13)14)4-6(3)10/h5,9-10H. The van der Waals surface area contributed by atoms with E-state index in [1.807, 2.05) is 0 Å². The summed E-state index contributed by atoms with van der Waals surface area (Å²) in [6, 6.07) is 0. The Morgan fingerprint density at radius 3 is 2.29 bits per heavy atom. The van der Waals surface area contributed by atoms with E-state index in [2.05, 4.69) is 5.10 Å². The molecule has 0 atom stereocenters. The lowest BCUT2D eigenvalue weighted by molar-refractivity contribution is -0.424. The number of nitro groups is 2. The third-order valence-electron chi connectivity index (χ3n) is 1.29. The van der Waals surface area contributed by atoms with Crippen molar-refractivity contribution in [1.29, 1.82) is 0 Å². The molecule has 76 valence electrons. The van der Waals surface area contributed by atoms with E-state index < -0.39 is 27.2 Å². The van der Waals surface area contributed by atoms with Crippen LogP contribution in [-0.2, 0) is 0 Å². The second-order valence-corrected chi connectivity index (χ2v) is 2.04. The molecule has 0 fully saturated rings. The van der Waals surface area contributed by atoms with Gasteiger partial charge in [-0.25, -0.2) is 5.48 Å². The van der Waals surface area contributed by atoms with E-state index in [1.165, 1.54) is 5.48 Å². The zero-order valence-electron chi connectivity index (χ0n) is 6.32. The largest absolute Gasteiger partial charge is 0.474 e. The van der Waals surface area contributed by atoms with Gasteiger partial charge in [-0.3, -0.25) is 15.3 Å². The number of rotatable bonds is 3. The van der Waals surface area contributed by atoms with Crippen molar-refractivity contribution in [3.8, 4) is 0 Å². The van der Waals surface area contributed by atoms with Gasteiger partial charge in [0.1, 0.15) is 5.10 Å². The summed E-state index contributed by atoms with van der Waals surface area (Å²) in [6.45, 7) is 0. The highest BCUT2D eigenvalue weighted by molar-refractivity contribution is 5.64. The molecule has 0 aliphatic carbocycles. The van der Waals surface area contributed by atoms with Gasteiger partial charge in [0.2, 0.25) is 0 Å². The molecule has 0 saturated carbocycles. The molecule has 0 amide bonds. The van der Waals surface area contributed by atoms with Crippen LogP contribution in [-0.4, -0.2) is 30.2 Å². The Kier molecular flexibility index (Phi) is 2.16. The maximum atomic E-state index is 10.3. The average molecular weight is 205 g/mol. The normalized spacial score (nSPS) is 9.79. The number of hydrogen-bond acceptors (Lipinski definition) is 8. The zero-order valence-corrected chi connectivity index (χ0v) is 6.32. The molecule has 0 aliphatic rings. The molecule has 11 heteroatoms. The Labute approximate surface area is 74.4 Å². The Morgan fingerprint density at radius 1 is 1.36 bits per heavy atom. The van der Waals surface area contributed by atoms with Gasteiger partial charge in [0.05, 0.1) is 4.92 Å². The molecule has 0 bridgehead atoms. The summed E-state index contributed by atoms with van der Waals surface area (Å²) in [7, 11) is 0. The van der Waals surface area contributed by atoms with Gasteiger partial charge in [0.15, 0.2) is 0 Å². The Hall–Kier alpha value is -2.43. The van der Waals surface area contributed by atoms with Gasteiger partial charge in [0.25, 0.3) is 5.82 Å². The molecule has 1 heterocycles. The molecular formula is C3H3N5O6. The summed E-state index contributed by atoms with van der Waals surface area (Å²) in [5.74, 6) is -2.06. The first-order valence-corrected chi connectivity index (χ1v) is 3.00. The monoisotopic (exact) mass is 205 g/mol. The molecule has 0 unspecified atom stereocenters. The Morgan fingerprint density at radius 2 is 1.93 bits per heavy atom. The van der Waals surface area contributed by atoms with Crippen molar-refractivity contribution in [1.82, 2.24) is 9.94 Å². The molecule has 1 rings (SSSR count). The minimum Gasteiger partial charge on any atom is -0.394 e. The molecule has 0 saturated heterocycles. The Balaban J connectivity index is 3.45. The van der Waals surface area contributed by atoms with Gasteiger partial charge in [-0.05, 0) is 4.92 Å². The van der Waals surface area contributed by atoms with Crippen molar-refractivity contribution in [2.45, 2.75) is 0 Å². The average Bonchev–Trinajstić information content (AvgIpc) is 2.42. The second-order valence-electron chi connectivity index (χ2n) is 2.04. The molecule has 0 radical (unpaired) electrons. The quantitative estimate of drug-likeness (QED) is 0.345. The van der Waals surface area contributed by atoms with Gasteiger partial charge < -0.3 is 15.3 Å². The first kappa shape index (κ1) is 9.66. The van der Waals surface area contributed by atoms with Crippen LogP contribution in [0.4, 0.5) is 17.3 Å². The van der Waals surface area contributed by atoms with Gasteiger partial charge in [-0.1, -0.05) is 0 Å². The highest BCUT2D eigenvalue weighted by Crippen LogP contribution is 2.32. The van der Waals surface area contributed by atoms with Crippen LogP contribution < -0.4 is 5.48 Å². The fourth-order valence-electron chi connectivity index (χ4n) is 0.776. The number of hydrogen-bond donors (Lipinski definition) is 3. The van der Waals surface area contributed by atoms with Crippen LogP contribution in [0.3, 0.4) is 0 Å². The Bertz CT molecular complexity index is 396. The van der Waals surface area contributed by atoms with Gasteiger partial charge in [-0.2, -0.15) is 0 Å². The molecule has 11 nitrogen and oxygen atoms in total. The number of anilines is 1. The van der Waals surface area contributed by atoms with E-state index in [1.54, 1.807) is 0 Å². The maximum Gasteiger partial charge on any atom is 0.474 e. The smallest absolute Gasteiger partial charge is 0.394 e. The highest BCUT2D eigenvalue weighted by atomic mass is 16.6. The fraction of sp³-hybridized carbons (Fsp3) is 0. The van der Waals surface area contributed by atoms with Crippen molar-refractivity contribution in [3.05, 3.63) is 20.2 Å². The third-order valence-corrected chi connectivity index (χ3v) is 1.29. The van der Waals surface area contributed by atoms with E-state index in [4.69, 9.17) is 10.4 Å². The van der Waals surface area contributed by atoms with Crippen LogP contribution >= 0.6 is 0 Å². The van der Waals surface area contributed by atoms with Gasteiger partial charge in [0, 0.05) is 4.85 Å². The zero-order chi connectivity index (χ0) is 10.9. The number of nitrogens with zero attached hydrogens (tertiary/aromatic N) is 4. The van der Waals surface area contributed by atoms with Crippen molar-refractivity contribution in [3.63, 3.8) is 0 Å². The predicted octanol–water partition coefficient (Wildman–Crippen LogP) is -0.262. The summed E-state index contributed by atoms with van der Waals surface area (Å²) < 4.78 is 0. The summed E-state index contributed by atoms with van der Waals surface area (Å²) in [6.07, 6.45) is 0. The predicted molar refractivity (Wildman–Crippen MR) is 38.1 cm³/mol. The summed E-state index contributed by atoms with van der Waals surface area (Å²) in [5.41, 5.74) is 0.0998. The van der Waals surface area contributed by atoms with Crippen LogP contribution in [0.1, 0.15) is 0 Å². The minimum absolute atomic E-state index is 0.198. The van der Waals surface area contributed by atoms with E-state index in [9.17, 15) is 20.2 Å². The molecule has 0 spiro atoms. The van der Waals surface area contributed by atoms with Crippen LogP contribution in [0.15, 0.2) is 0 Å². The van der Waals surface area contributed by atoms with Crippen LogP contribution in [0, 0.1) is 20.2 Å². The fourth-order valence-corrected chi connectivity index (χ4v) is 0.776. The van der Waals surface area contributed by atoms with Crippen molar-refractivity contribution < 1.29 is 20.3 Å². The van der Waals surface area contributed by atoms with Crippen molar-refractivity contribution >= 4 is 17.3 Å². The molecule has 3 N–H and O–H groups in total. The molecule has 0 aromatic carbocycles. The van der Waals surface area contributed by atoms with Crippen LogP contribution in [0.5, 0.6) is 0 Å². The molecule has 0 aliphatic heterocycles. The second kappa shape index (κ2) is 3.14. The van der Waals surface area contributed by atoms with E-state index in [-0.39, 0.29) is 4.85 Å². The summed E-state index contributed by atoms with van der Waals surface area (Å²) >= 11 is 0. The molecular weight excluding hydrogens is 202 g/mol. The number of nitrogens with one attached hydrogen (secondary N) is 1. The van der Waals surface area contributed by atoms with Gasteiger partial charge >= 0.3 is 11.5 Å². The summed E-state index contributed by atoms with van der Waals surface area (Å²) in [4.78, 5) is 18.0. The highest BCUT2D eigenvalue weighted by Gasteiger charge is 2.38. The molecule has 14 heavy (non-hydrogen) atoms. The SMILES string of the molecule is O=[N+]([O-])c1nn(O)c(NO)c1[N+](=O)[O-]. The van der Waals surface area contributed by atoms with Crippen molar-refractivity contribution in [2.75, 3.05) is 5.48 Å². The first-order chi connectivity index (χ1) is 6.49. The van der Waals surface area contributed by atoms with E-state index >= 15 is 0 Å². The van der Waals surface area contributed by atoms with E-state index in [0.717, 1.165) is 0 Å². The lowest BCUT2D eigenvalue weighted by Gasteiger charge is -1.91. The lowest BCUT2D eigenvalue weighted by Crippen LogP contribution is -2.02. The van der Waals surface area contributed by atoms with Gasteiger partial charge in [-0.15, -0.1) is 0 Å². The van der Waals surface area contributed by atoms with Crippen LogP contribution in [0.2, 0.25) is 0 Å². The lowest BCUT2D eigenvalue weighted by atomic mass is 10.5. The first-order valence-electron chi connectivity index (χ1n) is 3.00. The maximum absolute atomic E-state index is 10.3. The molecule has 1 aromatic rings. The summed E-state index contributed by atoms with van der Waals surface area (Å²) in [5, 5.41) is 40.5. The minimum atomic E-state index is -1.17. The van der Waals surface area contributed by atoms with Crippen molar-refractivity contribution in [2.24, 2.45) is 0 Å².